The van der Waals surface area contributed by atoms with Gasteiger partial charge in [-0.3, -0.25) is 0 Å². The normalized spacial score (nSPS) is 11.0. The summed E-state index contributed by atoms with van der Waals surface area (Å²) in [7, 11) is 3.35. The molecule has 4 nitrogen and oxygen atoms in total. The zero-order valence-corrected chi connectivity index (χ0v) is 13.5. The second-order valence-electron chi connectivity index (χ2n) is 5.37. The van der Waals surface area contributed by atoms with Crippen LogP contribution in [0.2, 0.25) is 0 Å². The number of ether oxygens (including phenoxy) is 2. The maximum Gasteiger partial charge on any atom is 0.145 e. The molecule has 0 radical (unpaired) electrons. The van der Waals surface area contributed by atoms with Crippen molar-refractivity contribution >= 4 is 16.6 Å². The highest BCUT2D eigenvalue weighted by Crippen LogP contribution is 2.38. The van der Waals surface area contributed by atoms with E-state index < -0.39 is 0 Å². The summed E-state index contributed by atoms with van der Waals surface area (Å²) in [6, 6.07) is 5.95. The fourth-order valence-electron chi connectivity index (χ4n) is 2.34. The number of benzene rings is 1. The molecule has 0 bridgehead atoms. The average Bonchev–Trinajstić information content (AvgIpc) is 2.50. The third kappa shape index (κ3) is 3.04. The second-order valence-corrected chi connectivity index (χ2v) is 5.37. The maximum atomic E-state index is 5.51. The van der Waals surface area contributed by atoms with Crippen molar-refractivity contribution < 1.29 is 9.47 Å². The Balaban J connectivity index is 2.75. The Bertz CT molecular complexity index is 624. The smallest absolute Gasteiger partial charge is 0.145 e. The number of hydrogen-bond donors (Lipinski definition) is 1. The van der Waals surface area contributed by atoms with Crippen LogP contribution in [0.4, 0.5) is 5.69 Å². The summed E-state index contributed by atoms with van der Waals surface area (Å²) in [6.07, 6.45) is 1.06. The first kappa shape index (κ1) is 15.4. The SMILES string of the molecule is CCCNc1cc(C(C)C)nc2c(OC)ccc(OC)c12. The van der Waals surface area contributed by atoms with Crippen molar-refractivity contribution in [2.45, 2.75) is 33.1 Å². The molecule has 0 atom stereocenters. The lowest BCUT2D eigenvalue weighted by Gasteiger charge is -2.17. The minimum atomic E-state index is 0.354. The van der Waals surface area contributed by atoms with E-state index in [1.54, 1.807) is 14.2 Å². The Morgan fingerprint density at radius 1 is 1.14 bits per heavy atom. The molecule has 0 saturated carbocycles. The number of hydrogen-bond acceptors (Lipinski definition) is 4. The molecule has 4 heteroatoms. The summed E-state index contributed by atoms with van der Waals surface area (Å²) in [5.41, 5.74) is 2.95. The number of fused-ring (bicyclic) bond motifs is 1. The first-order valence-corrected chi connectivity index (χ1v) is 7.41. The number of nitrogens with zero attached hydrogens (tertiary/aromatic N) is 1. The van der Waals surface area contributed by atoms with E-state index in [1.165, 1.54) is 0 Å². The van der Waals surface area contributed by atoms with Crippen LogP contribution >= 0.6 is 0 Å². The van der Waals surface area contributed by atoms with Crippen molar-refractivity contribution in [2.75, 3.05) is 26.1 Å². The van der Waals surface area contributed by atoms with E-state index in [4.69, 9.17) is 14.5 Å². The van der Waals surface area contributed by atoms with Crippen LogP contribution in [0.3, 0.4) is 0 Å². The Kier molecular flexibility index (Phi) is 4.89. The summed E-state index contributed by atoms with van der Waals surface area (Å²) in [5.74, 6) is 1.94. The highest BCUT2D eigenvalue weighted by molar-refractivity contribution is 6.00. The molecule has 0 aliphatic carbocycles. The topological polar surface area (TPSA) is 43.4 Å². The summed E-state index contributed by atoms with van der Waals surface area (Å²) < 4.78 is 11.0. The number of methoxy groups -OCH3 is 2. The van der Waals surface area contributed by atoms with Crippen molar-refractivity contribution in [2.24, 2.45) is 0 Å². The van der Waals surface area contributed by atoms with Gasteiger partial charge in [0.05, 0.1) is 19.6 Å². The van der Waals surface area contributed by atoms with E-state index in [9.17, 15) is 0 Å². The zero-order valence-electron chi connectivity index (χ0n) is 13.5. The lowest BCUT2D eigenvalue weighted by atomic mass is 10.0. The number of aromatic nitrogens is 1. The zero-order chi connectivity index (χ0) is 15.4. The monoisotopic (exact) mass is 288 g/mol. The summed E-state index contributed by atoms with van der Waals surface area (Å²) in [6.45, 7) is 7.35. The Hall–Kier alpha value is -1.97. The van der Waals surface area contributed by atoms with Gasteiger partial charge in [0.25, 0.3) is 0 Å². The van der Waals surface area contributed by atoms with Crippen molar-refractivity contribution in [1.29, 1.82) is 0 Å². The number of rotatable bonds is 6. The van der Waals surface area contributed by atoms with Crippen LogP contribution in [-0.2, 0) is 0 Å². The van der Waals surface area contributed by atoms with Gasteiger partial charge in [-0.1, -0.05) is 20.8 Å². The van der Waals surface area contributed by atoms with Gasteiger partial charge >= 0.3 is 0 Å². The molecule has 114 valence electrons. The van der Waals surface area contributed by atoms with E-state index in [0.717, 1.165) is 46.7 Å². The number of nitrogens with one attached hydrogen (secondary N) is 1. The van der Waals surface area contributed by atoms with Crippen molar-refractivity contribution in [1.82, 2.24) is 4.98 Å². The molecule has 1 aromatic heterocycles. The van der Waals surface area contributed by atoms with Gasteiger partial charge in [0.2, 0.25) is 0 Å². The predicted octanol–water partition coefficient (Wildman–Crippen LogP) is 4.20. The van der Waals surface area contributed by atoms with Crippen LogP contribution in [-0.4, -0.2) is 25.7 Å². The Morgan fingerprint density at radius 2 is 1.81 bits per heavy atom. The molecule has 1 aromatic carbocycles. The minimum absolute atomic E-state index is 0.354. The van der Waals surface area contributed by atoms with Crippen molar-refractivity contribution in [3.63, 3.8) is 0 Å². The Labute approximate surface area is 126 Å². The van der Waals surface area contributed by atoms with Gasteiger partial charge in [0.1, 0.15) is 17.0 Å². The van der Waals surface area contributed by atoms with Crippen molar-refractivity contribution in [3.05, 3.63) is 23.9 Å². The predicted molar refractivity (Wildman–Crippen MR) is 87.7 cm³/mol. The lowest BCUT2D eigenvalue weighted by Crippen LogP contribution is -2.05. The van der Waals surface area contributed by atoms with Crippen LogP contribution < -0.4 is 14.8 Å². The number of anilines is 1. The second kappa shape index (κ2) is 6.66. The molecular formula is C17H24N2O2. The van der Waals surface area contributed by atoms with Gasteiger partial charge < -0.3 is 14.8 Å². The molecule has 0 spiro atoms. The van der Waals surface area contributed by atoms with Gasteiger partial charge in [-0.25, -0.2) is 4.98 Å². The van der Waals surface area contributed by atoms with Crippen molar-refractivity contribution in [3.8, 4) is 11.5 Å². The standard InChI is InChI=1S/C17H24N2O2/c1-6-9-18-13-10-12(11(2)3)19-17-15(21-5)8-7-14(20-4)16(13)17/h7-8,10-11H,6,9H2,1-5H3,(H,18,19). The lowest BCUT2D eigenvalue weighted by molar-refractivity contribution is 0.409. The van der Waals surface area contributed by atoms with Gasteiger partial charge in [-0.2, -0.15) is 0 Å². The molecule has 0 fully saturated rings. The largest absolute Gasteiger partial charge is 0.496 e. The average molecular weight is 288 g/mol. The third-order valence-corrected chi connectivity index (χ3v) is 3.50. The van der Waals surface area contributed by atoms with Gasteiger partial charge in [0.15, 0.2) is 0 Å². The van der Waals surface area contributed by atoms with E-state index >= 15 is 0 Å². The molecule has 21 heavy (non-hydrogen) atoms. The maximum absolute atomic E-state index is 5.51. The fraction of sp³-hybridized carbons (Fsp3) is 0.471. The fourth-order valence-corrected chi connectivity index (χ4v) is 2.34. The van der Waals surface area contributed by atoms with E-state index in [0.29, 0.717) is 5.92 Å². The first-order valence-electron chi connectivity index (χ1n) is 7.41. The molecule has 0 aliphatic heterocycles. The molecule has 1 N–H and O–H groups in total. The van der Waals surface area contributed by atoms with Crippen LogP contribution in [0, 0.1) is 0 Å². The third-order valence-electron chi connectivity index (χ3n) is 3.50. The molecule has 2 aromatic rings. The molecule has 0 unspecified atom stereocenters. The summed E-state index contributed by atoms with van der Waals surface area (Å²) >= 11 is 0. The quantitative estimate of drug-likeness (QED) is 0.865. The van der Waals surface area contributed by atoms with E-state index in [-0.39, 0.29) is 0 Å². The Morgan fingerprint density at radius 3 is 2.38 bits per heavy atom. The van der Waals surface area contributed by atoms with E-state index in [2.05, 4.69) is 32.2 Å². The van der Waals surface area contributed by atoms with Gasteiger partial charge in [-0.15, -0.1) is 0 Å². The van der Waals surface area contributed by atoms with Gasteiger partial charge in [0, 0.05) is 17.9 Å². The van der Waals surface area contributed by atoms with Crippen LogP contribution in [0.15, 0.2) is 18.2 Å². The molecular weight excluding hydrogens is 264 g/mol. The van der Waals surface area contributed by atoms with Crippen LogP contribution in [0.1, 0.15) is 38.8 Å². The minimum Gasteiger partial charge on any atom is -0.496 e. The molecule has 0 amide bonds. The molecule has 0 saturated heterocycles. The summed E-state index contributed by atoms with van der Waals surface area (Å²) in [5, 5.41) is 4.46. The highest BCUT2D eigenvalue weighted by Gasteiger charge is 2.16. The van der Waals surface area contributed by atoms with Crippen LogP contribution in [0.25, 0.3) is 10.9 Å². The van der Waals surface area contributed by atoms with E-state index in [1.807, 2.05) is 12.1 Å². The summed E-state index contributed by atoms with van der Waals surface area (Å²) in [4.78, 5) is 4.78. The highest BCUT2D eigenvalue weighted by atomic mass is 16.5. The van der Waals surface area contributed by atoms with Gasteiger partial charge in [-0.05, 0) is 30.5 Å². The molecule has 0 aliphatic rings. The number of pyridine rings is 1. The molecule has 1 heterocycles. The first-order chi connectivity index (χ1) is 10.1. The molecule has 2 rings (SSSR count). The van der Waals surface area contributed by atoms with Crippen LogP contribution in [0.5, 0.6) is 11.5 Å².